The number of amides is 2. The van der Waals surface area contributed by atoms with E-state index in [0.717, 1.165) is 16.7 Å². The Labute approximate surface area is 220 Å². The van der Waals surface area contributed by atoms with Gasteiger partial charge >= 0.3 is 5.97 Å². The first-order chi connectivity index (χ1) is 17.2. The van der Waals surface area contributed by atoms with Crippen LogP contribution in [0.5, 0.6) is 5.75 Å². The third-order valence-corrected chi connectivity index (χ3v) is 7.14. The van der Waals surface area contributed by atoms with Gasteiger partial charge in [0.05, 0.1) is 23.0 Å². The minimum Gasteiger partial charge on any atom is -0.491 e. The zero-order valence-corrected chi connectivity index (χ0v) is 21.5. The van der Waals surface area contributed by atoms with Crippen molar-refractivity contribution in [1.82, 2.24) is 9.80 Å². The molecule has 0 aromatic heterocycles. The predicted molar refractivity (Wildman–Crippen MR) is 137 cm³/mol. The molecule has 1 atom stereocenters. The summed E-state index contributed by atoms with van der Waals surface area (Å²) in [4.78, 5) is 38.7. The summed E-state index contributed by atoms with van der Waals surface area (Å²) in [5.74, 6) is -0.212. The molecule has 9 heteroatoms. The van der Waals surface area contributed by atoms with Gasteiger partial charge in [-0.15, -0.1) is 0 Å². The number of nitrogens with zero attached hydrogens (tertiary/aromatic N) is 2. The average Bonchev–Trinajstić information content (AvgIpc) is 3.59. The van der Waals surface area contributed by atoms with Crippen LogP contribution in [0.25, 0.3) is 0 Å². The monoisotopic (exact) mass is 530 g/mol. The quantitative estimate of drug-likeness (QED) is 0.305. The van der Waals surface area contributed by atoms with Crippen LogP contribution in [-0.2, 0) is 20.9 Å². The summed E-state index contributed by atoms with van der Waals surface area (Å²) in [5, 5.41) is 10.5. The third-order valence-electron chi connectivity index (χ3n) is 6.40. The van der Waals surface area contributed by atoms with E-state index in [1.54, 1.807) is 12.1 Å². The molecular weight excluding hydrogens is 503 g/mol. The number of carbonyl (C=O) groups is 3. The van der Waals surface area contributed by atoms with Crippen molar-refractivity contribution in [2.24, 2.45) is 5.92 Å². The SMILES string of the molecule is Cc1cc(CN(CC2C=C2)[C@@H](CC(=O)O)c2ccc(Cl)c(Cl)c2)ccc1OCCN1C(=O)CCC1=O. The third kappa shape index (κ3) is 6.66. The first-order valence-electron chi connectivity index (χ1n) is 11.9. The highest BCUT2D eigenvalue weighted by Gasteiger charge is 2.29. The number of aryl methyl sites for hydroxylation is 1. The molecule has 1 saturated heterocycles. The molecule has 4 rings (SSSR count). The number of carbonyl (C=O) groups excluding carboxylic acids is 2. The zero-order valence-electron chi connectivity index (χ0n) is 20.0. The summed E-state index contributed by atoms with van der Waals surface area (Å²) >= 11 is 12.3. The fraction of sp³-hybridized carbons (Fsp3) is 0.370. The lowest BCUT2D eigenvalue weighted by atomic mass is 10.00. The average molecular weight is 531 g/mol. The van der Waals surface area contributed by atoms with Crippen molar-refractivity contribution in [3.8, 4) is 5.75 Å². The number of aliphatic carboxylic acids is 1. The lowest BCUT2D eigenvalue weighted by molar-refractivity contribution is -0.140. The maximum Gasteiger partial charge on any atom is 0.305 e. The molecule has 190 valence electrons. The van der Waals surface area contributed by atoms with Crippen LogP contribution in [-0.4, -0.2) is 52.4 Å². The highest BCUT2D eigenvalue weighted by Crippen LogP contribution is 2.34. The number of likely N-dealkylation sites (tertiary alicyclic amines) is 1. The topological polar surface area (TPSA) is 87.2 Å². The molecular formula is C27H28Cl2N2O5. The Bertz CT molecular complexity index is 1180. The molecule has 2 aromatic rings. The van der Waals surface area contributed by atoms with E-state index >= 15 is 0 Å². The number of imide groups is 1. The number of carboxylic acids is 1. The standard InChI is InChI=1S/C27H28Cl2N2O5/c1-17-12-19(4-7-24(17)36-11-10-31-25(32)8-9-26(31)33)16-30(15-18-2-3-18)23(14-27(34)35)20-5-6-21(28)22(29)13-20/h2-7,12-13,18,23H,8-11,14-16H2,1H3,(H,34,35)/t23-/m0/s1. The molecule has 0 bridgehead atoms. The zero-order chi connectivity index (χ0) is 25.8. The van der Waals surface area contributed by atoms with Crippen molar-refractivity contribution in [3.05, 3.63) is 75.3 Å². The number of benzene rings is 2. The molecule has 0 saturated carbocycles. The Morgan fingerprint density at radius 3 is 2.44 bits per heavy atom. The van der Waals surface area contributed by atoms with Crippen molar-refractivity contribution in [2.75, 3.05) is 19.7 Å². The van der Waals surface area contributed by atoms with Crippen LogP contribution in [0.2, 0.25) is 10.0 Å². The maximum absolute atomic E-state index is 11.8. The summed E-state index contributed by atoms with van der Waals surface area (Å²) in [6.07, 6.45) is 4.66. The first-order valence-corrected chi connectivity index (χ1v) is 12.6. The molecule has 1 heterocycles. The molecule has 2 amide bonds. The number of ether oxygens (including phenoxy) is 1. The summed E-state index contributed by atoms with van der Waals surface area (Å²) in [6.45, 7) is 3.63. The molecule has 1 N–H and O–H groups in total. The summed E-state index contributed by atoms with van der Waals surface area (Å²) in [6, 6.07) is 10.7. The molecule has 7 nitrogen and oxygen atoms in total. The van der Waals surface area contributed by atoms with Gasteiger partial charge in [0.2, 0.25) is 11.8 Å². The van der Waals surface area contributed by atoms with E-state index in [-0.39, 0.29) is 50.3 Å². The predicted octanol–water partition coefficient (Wildman–Crippen LogP) is 5.03. The van der Waals surface area contributed by atoms with Gasteiger partial charge in [0, 0.05) is 37.9 Å². The second kappa shape index (κ2) is 11.5. The van der Waals surface area contributed by atoms with Crippen LogP contribution in [0.3, 0.4) is 0 Å². The van der Waals surface area contributed by atoms with E-state index in [1.807, 2.05) is 31.2 Å². The van der Waals surface area contributed by atoms with Crippen LogP contribution in [0.4, 0.5) is 0 Å². The first kappa shape index (κ1) is 26.2. The molecule has 1 aliphatic heterocycles. The van der Waals surface area contributed by atoms with E-state index in [9.17, 15) is 19.5 Å². The summed E-state index contributed by atoms with van der Waals surface area (Å²) < 4.78 is 5.85. The van der Waals surface area contributed by atoms with Gasteiger partial charge in [0.1, 0.15) is 12.4 Å². The Morgan fingerprint density at radius 1 is 1.11 bits per heavy atom. The minimum absolute atomic E-state index is 0.0706. The van der Waals surface area contributed by atoms with Crippen molar-refractivity contribution in [1.29, 1.82) is 0 Å². The van der Waals surface area contributed by atoms with E-state index in [0.29, 0.717) is 34.8 Å². The fourth-order valence-corrected chi connectivity index (χ4v) is 4.75. The molecule has 36 heavy (non-hydrogen) atoms. The van der Waals surface area contributed by atoms with E-state index in [2.05, 4.69) is 17.1 Å². The Balaban J connectivity index is 1.47. The van der Waals surface area contributed by atoms with Gasteiger partial charge in [-0.1, -0.05) is 53.6 Å². The largest absolute Gasteiger partial charge is 0.491 e. The van der Waals surface area contributed by atoms with Crippen molar-refractivity contribution >= 4 is 41.0 Å². The lowest BCUT2D eigenvalue weighted by Gasteiger charge is -2.32. The van der Waals surface area contributed by atoms with Crippen LogP contribution in [0, 0.1) is 12.8 Å². The van der Waals surface area contributed by atoms with Crippen LogP contribution in [0.1, 0.15) is 42.0 Å². The van der Waals surface area contributed by atoms with Crippen LogP contribution < -0.4 is 4.74 Å². The van der Waals surface area contributed by atoms with Crippen LogP contribution in [0.15, 0.2) is 48.6 Å². The Hall–Kier alpha value is -2.87. The molecule has 2 aliphatic rings. The van der Waals surface area contributed by atoms with Crippen molar-refractivity contribution < 1.29 is 24.2 Å². The van der Waals surface area contributed by atoms with Gasteiger partial charge in [0.25, 0.3) is 0 Å². The summed E-state index contributed by atoms with van der Waals surface area (Å²) in [5.41, 5.74) is 2.73. The molecule has 2 aromatic carbocycles. The van der Waals surface area contributed by atoms with Crippen molar-refractivity contribution in [3.63, 3.8) is 0 Å². The van der Waals surface area contributed by atoms with E-state index in [4.69, 9.17) is 27.9 Å². The second-order valence-electron chi connectivity index (χ2n) is 9.15. The molecule has 1 fully saturated rings. The molecule has 0 unspecified atom stereocenters. The lowest BCUT2D eigenvalue weighted by Crippen LogP contribution is -2.33. The van der Waals surface area contributed by atoms with Gasteiger partial charge in [-0.2, -0.15) is 0 Å². The number of hydrogen-bond acceptors (Lipinski definition) is 5. The van der Waals surface area contributed by atoms with E-state index in [1.165, 1.54) is 4.90 Å². The Morgan fingerprint density at radius 2 is 1.83 bits per heavy atom. The van der Waals surface area contributed by atoms with Crippen LogP contribution >= 0.6 is 23.2 Å². The van der Waals surface area contributed by atoms with E-state index < -0.39 is 5.97 Å². The number of hydrogen-bond donors (Lipinski definition) is 1. The minimum atomic E-state index is -0.894. The molecule has 0 spiro atoms. The Kier molecular flexibility index (Phi) is 8.34. The highest BCUT2D eigenvalue weighted by atomic mass is 35.5. The van der Waals surface area contributed by atoms with Gasteiger partial charge in [-0.25, -0.2) is 0 Å². The molecule has 1 aliphatic carbocycles. The fourth-order valence-electron chi connectivity index (χ4n) is 4.44. The molecule has 0 radical (unpaired) electrons. The van der Waals surface area contributed by atoms with Gasteiger partial charge in [-0.3, -0.25) is 24.2 Å². The number of carboxylic acid groups (broad SMARTS) is 1. The second-order valence-corrected chi connectivity index (χ2v) is 9.97. The van der Waals surface area contributed by atoms with Gasteiger partial charge < -0.3 is 9.84 Å². The van der Waals surface area contributed by atoms with Crippen molar-refractivity contribution in [2.45, 2.75) is 38.8 Å². The number of rotatable bonds is 12. The summed E-state index contributed by atoms with van der Waals surface area (Å²) in [7, 11) is 0. The van der Waals surface area contributed by atoms with Gasteiger partial charge in [0.15, 0.2) is 0 Å². The maximum atomic E-state index is 11.8. The van der Waals surface area contributed by atoms with Gasteiger partial charge in [-0.05, 0) is 41.8 Å². The number of halogens is 2. The normalized spacial score (nSPS) is 16.2. The smallest absolute Gasteiger partial charge is 0.305 e. The highest BCUT2D eigenvalue weighted by molar-refractivity contribution is 6.42.